The number of carbonyl (C=O) groups excluding carboxylic acids is 2. The molecule has 3 aliphatic rings. The molecule has 0 unspecified atom stereocenters. The molecular weight excluding hydrogens is 361 g/mol. The Balaban J connectivity index is 1.30. The van der Waals surface area contributed by atoms with Crippen LogP contribution in [0.2, 0.25) is 0 Å². The van der Waals surface area contributed by atoms with Crippen LogP contribution in [0.4, 0.5) is 14.9 Å². The zero-order valence-corrected chi connectivity index (χ0v) is 16.2. The summed E-state index contributed by atoms with van der Waals surface area (Å²) in [6.45, 7) is 4.00. The third-order valence-electron chi connectivity index (χ3n) is 6.34. The van der Waals surface area contributed by atoms with Gasteiger partial charge in [-0.25, -0.2) is 9.18 Å². The van der Waals surface area contributed by atoms with Crippen molar-refractivity contribution < 1.29 is 18.7 Å². The van der Waals surface area contributed by atoms with Crippen LogP contribution in [0.1, 0.15) is 39.0 Å². The van der Waals surface area contributed by atoms with Crippen molar-refractivity contribution in [2.45, 2.75) is 50.7 Å². The topological polar surface area (TPSA) is 70.7 Å². The number of likely N-dealkylation sites (tertiary alicyclic amines) is 1. The van der Waals surface area contributed by atoms with Gasteiger partial charge >= 0.3 is 6.03 Å². The third kappa shape index (κ3) is 4.14. The van der Waals surface area contributed by atoms with Crippen molar-refractivity contribution in [3.05, 3.63) is 30.1 Å². The molecule has 4 rings (SSSR count). The molecule has 3 amide bonds. The van der Waals surface area contributed by atoms with E-state index in [-0.39, 0.29) is 35.4 Å². The molecule has 7 heteroatoms. The summed E-state index contributed by atoms with van der Waals surface area (Å²) in [5, 5.41) is 5.83. The van der Waals surface area contributed by atoms with Gasteiger partial charge in [-0.15, -0.1) is 0 Å². The number of hydrogen-bond acceptors (Lipinski definition) is 3. The van der Waals surface area contributed by atoms with Crippen LogP contribution < -0.4 is 10.6 Å². The first kappa shape index (κ1) is 19.2. The summed E-state index contributed by atoms with van der Waals surface area (Å²) in [6.07, 6.45) is 4.36. The van der Waals surface area contributed by atoms with Crippen LogP contribution in [0.15, 0.2) is 24.3 Å². The molecule has 1 aromatic rings. The van der Waals surface area contributed by atoms with Gasteiger partial charge in [0.15, 0.2) is 0 Å². The molecule has 0 aromatic heterocycles. The number of ether oxygens (including phenoxy) is 1. The van der Waals surface area contributed by atoms with E-state index in [4.69, 9.17) is 4.74 Å². The molecule has 28 heavy (non-hydrogen) atoms. The Hall–Kier alpha value is -2.15. The fourth-order valence-corrected chi connectivity index (χ4v) is 4.27. The van der Waals surface area contributed by atoms with E-state index in [2.05, 4.69) is 17.6 Å². The van der Waals surface area contributed by atoms with E-state index in [1.54, 1.807) is 17.0 Å². The highest BCUT2D eigenvalue weighted by Gasteiger charge is 2.49. The van der Waals surface area contributed by atoms with Crippen molar-refractivity contribution in [2.75, 3.05) is 25.0 Å². The summed E-state index contributed by atoms with van der Waals surface area (Å²) in [5.74, 6) is 0.468. The van der Waals surface area contributed by atoms with Gasteiger partial charge in [-0.1, -0.05) is 6.92 Å². The van der Waals surface area contributed by atoms with E-state index in [0.717, 1.165) is 25.8 Å². The molecule has 3 atom stereocenters. The lowest BCUT2D eigenvalue weighted by atomic mass is 9.80. The molecule has 6 nitrogen and oxygen atoms in total. The second-order valence-corrected chi connectivity index (χ2v) is 8.43. The Morgan fingerprint density at radius 2 is 1.96 bits per heavy atom. The van der Waals surface area contributed by atoms with Gasteiger partial charge in [-0.05, 0) is 62.3 Å². The zero-order chi connectivity index (χ0) is 19.7. The van der Waals surface area contributed by atoms with Gasteiger partial charge < -0.3 is 20.3 Å². The van der Waals surface area contributed by atoms with Gasteiger partial charge in [0.25, 0.3) is 0 Å². The minimum Gasteiger partial charge on any atom is -0.362 e. The maximum atomic E-state index is 13.0. The maximum absolute atomic E-state index is 13.0. The minimum absolute atomic E-state index is 0.00691. The van der Waals surface area contributed by atoms with Crippen LogP contribution in [0.25, 0.3) is 0 Å². The molecule has 0 radical (unpaired) electrons. The van der Waals surface area contributed by atoms with E-state index in [1.807, 2.05) is 0 Å². The van der Waals surface area contributed by atoms with Gasteiger partial charge in [0.05, 0.1) is 5.60 Å². The van der Waals surface area contributed by atoms with Gasteiger partial charge in [0.2, 0.25) is 5.91 Å². The lowest BCUT2D eigenvalue weighted by Crippen LogP contribution is -2.54. The molecule has 2 heterocycles. The number of carbonyl (C=O) groups is 2. The summed E-state index contributed by atoms with van der Waals surface area (Å²) >= 11 is 0. The molecule has 0 bridgehead atoms. The first-order chi connectivity index (χ1) is 13.4. The van der Waals surface area contributed by atoms with E-state index < -0.39 is 0 Å². The summed E-state index contributed by atoms with van der Waals surface area (Å²) in [5.41, 5.74) is 0.248. The zero-order valence-electron chi connectivity index (χ0n) is 16.2. The highest BCUT2D eigenvalue weighted by Crippen LogP contribution is 2.42. The van der Waals surface area contributed by atoms with Gasteiger partial charge in [0.1, 0.15) is 11.9 Å². The monoisotopic (exact) mass is 389 g/mol. The largest absolute Gasteiger partial charge is 0.362 e. The highest BCUT2D eigenvalue weighted by molar-refractivity contribution is 5.89. The van der Waals surface area contributed by atoms with Crippen LogP contribution in [-0.4, -0.2) is 48.2 Å². The van der Waals surface area contributed by atoms with Crippen molar-refractivity contribution in [3.63, 3.8) is 0 Å². The molecule has 1 aromatic carbocycles. The Bertz CT molecular complexity index is 737. The van der Waals surface area contributed by atoms with E-state index in [0.29, 0.717) is 24.7 Å². The van der Waals surface area contributed by atoms with Crippen LogP contribution in [0.5, 0.6) is 0 Å². The van der Waals surface area contributed by atoms with Crippen molar-refractivity contribution in [2.24, 2.45) is 11.8 Å². The van der Waals surface area contributed by atoms with Crippen LogP contribution in [0.3, 0.4) is 0 Å². The molecule has 2 N–H and O–H groups in total. The summed E-state index contributed by atoms with van der Waals surface area (Å²) in [6, 6.07) is 5.55. The molecule has 1 aliphatic carbocycles. The van der Waals surface area contributed by atoms with Gasteiger partial charge in [-0.2, -0.15) is 0 Å². The maximum Gasteiger partial charge on any atom is 0.321 e. The van der Waals surface area contributed by atoms with Gasteiger partial charge in [-0.3, -0.25) is 4.79 Å². The number of amides is 3. The molecule has 1 spiro atoms. The Kier molecular flexibility index (Phi) is 5.27. The molecule has 2 saturated heterocycles. The smallest absolute Gasteiger partial charge is 0.321 e. The predicted molar refractivity (Wildman–Crippen MR) is 103 cm³/mol. The lowest BCUT2D eigenvalue weighted by Gasteiger charge is -2.44. The number of hydrogen-bond donors (Lipinski definition) is 2. The van der Waals surface area contributed by atoms with Crippen molar-refractivity contribution in [3.8, 4) is 0 Å². The number of rotatable bonds is 4. The number of piperidine rings is 1. The summed E-state index contributed by atoms with van der Waals surface area (Å²) < 4.78 is 19.3. The fraction of sp³-hybridized carbons (Fsp3) is 0.619. The number of benzene rings is 1. The Labute approximate surface area is 164 Å². The highest BCUT2D eigenvalue weighted by atomic mass is 19.1. The fourth-order valence-electron chi connectivity index (χ4n) is 4.27. The Morgan fingerprint density at radius 3 is 2.64 bits per heavy atom. The first-order valence-electron chi connectivity index (χ1n) is 10.2. The average molecular weight is 389 g/mol. The van der Waals surface area contributed by atoms with Crippen LogP contribution in [-0.2, 0) is 9.53 Å². The normalized spacial score (nSPS) is 29.7. The van der Waals surface area contributed by atoms with Crippen molar-refractivity contribution in [1.29, 1.82) is 0 Å². The lowest BCUT2D eigenvalue weighted by molar-refractivity contribution is -0.146. The SMILES string of the molecule is C[C@@H]1CN(C(=O)Nc2ccc(F)cc2)CC[C@]12CC[C@H](C(=O)NCC1CC1)O2. The standard InChI is InChI=1S/C21H28FN3O3/c1-14-13-25(20(27)24-17-6-4-16(22)5-7-17)11-10-21(14)9-8-18(28-21)19(26)23-12-15-2-3-15/h4-7,14-15,18H,2-3,8-13H2,1H3,(H,23,26)(H,24,27)/t14-,18-,21-/m1/s1. The van der Waals surface area contributed by atoms with Crippen LogP contribution >= 0.6 is 0 Å². The van der Waals surface area contributed by atoms with Crippen molar-refractivity contribution >= 4 is 17.6 Å². The molecule has 2 aliphatic heterocycles. The molecule has 152 valence electrons. The quantitative estimate of drug-likeness (QED) is 0.831. The van der Waals surface area contributed by atoms with E-state index in [9.17, 15) is 14.0 Å². The van der Waals surface area contributed by atoms with Crippen molar-refractivity contribution in [1.82, 2.24) is 10.2 Å². The summed E-state index contributed by atoms with van der Waals surface area (Å²) in [7, 11) is 0. The van der Waals surface area contributed by atoms with E-state index >= 15 is 0 Å². The predicted octanol–water partition coefficient (Wildman–Crippen LogP) is 3.14. The summed E-state index contributed by atoms with van der Waals surface area (Å²) in [4.78, 5) is 26.7. The number of anilines is 1. The molecule has 1 saturated carbocycles. The number of nitrogens with zero attached hydrogens (tertiary/aromatic N) is 1. The molecular formula is C21H28FN3O3. The number of nitrogens with one attached hydrogen (secondary N) is 2. The first-order valence-corrected chi connectivity index (χ1v) is 10.2. The number of halogens is 1. The molecule has 3 fully saturated rings. The second-order valence-electron chi connectivity index (χ2n) is 8.43. The van der Waals surface area contributed by atoms with Gasteiger partial charge in [0, 0.05) is 31.2 Å². The van der Waals surface area contributed by atoms with E-state index in [1.165, 1.54) is 25.0 Å². The number of urea groups is 1. The third-order valence-corrected chi connectivity index (χ3v) is 6.34. The second kappa shape index (κ2) is 7.70. The Morgan fingerprint density at radius 1 is 1.21 bits per heavy atom. The minimum atomic E-state index is -0.374. The average Bonchev–Trinajstić information content (AvgIpc) is 3.42. The van der Waals surface area contributed by atoms with Crippen LogP contribution in [0, 0.1) is 17.7 Å².